The van der Waals surface area contributed by atoms with Crippen LogP contribution in [0.15, 0.2) is 41.8 Å². The first kappa shape index (κ1) is 23.6. The number of likely N-dealkylation sites (N-methyl/N-ethyl adjacent to an activating group) is 1. The van der Waals surface area contributed by atoms with E-state index in [9.17, 15) is 4.79 Å². The van der Waals surface area contributed by atoms with E-state index in [-0.39, 0.29) is 5.91 Å². The summed E-state index contributed by atoms with van der Waals surface area (Å²) in [6.07, 6.45) is 2.25. The lowest BCUT2D eigenvalue weighted by Crippen LogP contribution is -2.35. The highest BCUT2D eigenvalue weighted by molar-refractivity contribution is 7.17. The minimum Gasteiger partial charge on any atom is -0.493 e. The van der Waals surface area contributed by atoms with E-state index in [0.29, 0.717) is 18.1 Å². The second kappa shape index (κ2) is 10.6. The maximum absolute atomic E-state index is 12.9. The predicted octanol–water partition coefficient (Wildman–Crippen LogP) is 4.97. The zero-order chi connectivity index (χ0) is 23.4. The molecule has 1 unspecified atom stereocenters. The van der Waals surface area contributed by atoms with Crippen LogP contribution in [0, 0.1) is 0 Å². The number of nitrogens with zero attached hydrogens (tertiary/aromatic N) is 2. The third-order valence-corrected chi connectivity index (χ3v) is 7.63. The molecule has 0 bridgehead atoms. The summed E-state index contributed by atoms with van der Waals surface area (Å²) in [5.74, 6) is 2.09. The lowest BCUT2D eigenvalue weighted by molar-refractivity contribution is -0.130. The first-order valence-electron chi connectivity index (χ1n) is 11.7. The molecule has 0 aliphatic carbocycles. The Labute approximate surface area is 200 Å². The lowest BCUT2D eigenvalue weighted by Gasteiger charge is -2.24. The molecule has 0 spiro atoms. The van der Waals surface area contributed by atoms with E-state index >= 15 is 0 Å². The lowest BCUT2D eigenvalue weighted by atomic mass is 10.00. The Morgan fingerprint density at radius 1 is 1.12 bits per heavy atom. The summed E-state index contributed by atoms with van der Waals surface area (Å²) in [6.45, 7) is 5.84. The number of ether oxygens (including phenoxy) is 2. The minimum atomic E-state index is 0.196. The van der Waals surface area contributed by atoms with Crippen LogP contribution in [-0.4, -0.2) is 63.2 Å². The van der Waals surface area contributed by atoms with E-state index in [2.05, 4.69) is 48.5 Å². The van der Waals surface area contributed by atoms with Crippen LogP contribution in [-0.2, 0) is 17.6 Å². The molecular formula is C27H34N2O3S. The van der Waals surface area contributed by atoms with E-state index in [0.717, 1.165) is 50.3 Å². The van der Waals surface area contributed by atoms with Crippen LogP contribution >= 0.6 is 11.3 Å². The van der Waals surface area contributed by atoms with Gasteiger partial charge in [-0.1, -0.05) is 25.1 Å². The van der Waals surface area contributed by atoms with Crippen molar-refractivity contribution in [2.24, 2.45) is 0 Å². The van der Waals surface area contributed by atoms with Crippen LogP contribution in [0.3, 0.4) is 0 Å². The van der Waals surface area contributed by atoms with Gasteiger partial charge in [-0.25, -0.2) is 0 Å². The normalized spacial score (nSPS) is 14.9. The molecule has 33 heavy (non-hydrogen) atoms. The molecule has 1 aliphatic heterocycles. The Morgan fingerprint density at radius 3 is 2.61 bits per heavy atom. The number of amides is 1. The quantitative estimate of drug-likeness (QED) is 0.446. The van der Waals surface area contributed by atoms with Crippen molar-refractivity contribution in [3.63, 3.8) is 0 Å². The van der Waals surface area contributed by atoms with Gasteiger partial charge in [-0.2, -0.15) is 0 Å². The van der Waals surface area contributed by atoms with Crippen molar-refractivity contribution in [1.82, 2.24) is 9.80 Å². The minimum absolute atomic E-state index is 0.196. The summed E-state index contributed by atoms with van der Waals surface area (Å²) in [7, 11) is 5.47. The van der Waals surface area contributed by atoms with E-state index in [1.54, 1.807) is 14.2 Å². The first-order valence-corrected chi connectivity index (χ1v) is 12.5. The Balaban J connectivity index is 1.29. The summed E-state index contributed by atoms with van der Waals surface area (Å²) < 4.78 is 12.2. The standard InChI is InChI=1S/C27H34N2O3S/c1-19(23-18-33-26-9-6-5-8-22(23)26)17-28(2)11-7-12-29-13-10-20-14-24(31-3)25(32-4)15-21(20)16-27(29)30/h5-6,8-9,14-15,18-19H,7,10-13,16-17H2,1-4H3. The molecule has 0 saturated carbocycles. The molecule has 1 aromatic heterocycles. The molecule has 0 radical (unpaired) electrons. The van der Waals surface area contributed by atoms with Gasteiger partial charge in [0.15, 0.2) is 11.5 Å². The van der Waals surface area contributed by atoms with Gasteiger partial charge in [-0.05, 0) is 78.0 Å². The van der Waals surface area contributed by atoms with Gasteiger partial charge >= 0.3 is 0 Å². The van der Waals surface area contributed by atoms with Crippen molar-refractivity contribution < 1.29 is 14.3 Å². The number of carbonyl (C=O) groups is 1. The number of rotatable bonds is 9. The fraction of sp³-hybridized carbons (Fsp3) is 0.444. The molecule has 2 aromatic carbocycles. The molecule has 2 heterocycles. The van der Waals surface area contributed by atoms with Crippen molar-refractivity contribution in [1.29, 1.82) is 0 Å². The SMILES string of the molecule is COc1cc2c(cc1OC)CC(=O)N(CCCN(C)CC(C)c1csc3ccccc13)CC2. The summed E-state index contributed by atoms with van der Waals surface area (Å²) in [4.78, 5) is 17.3. The Kier molecular flexibility index (Phi) is 7.56. The third-order valence-electron chi connectivity index (χ3n) is 6.65. The molecule has 0 fully saturated rings. The molecule has 1 atom stereocenters. The topological polar surface area (TPSA) is 42.0 Å². The number of thiophene rings is 1. The zero-order valence-corrected chi connectivity index (χ0v) is 20.9. The average molecular weight is 467 g/mol. The van der Waals surface area contributed by atoms with Gasteiger partial charge in [0.05, 0.1) is 20.6 Å². The summed E-state index contributed by atoms with van der Waals surface area (Å²) in [5.41, 5.74) is 3.67. The molecule has 4 rings (SSSR count). The summed E-state index contributed by atoms with van der Waals surface area (Å²) in [5, 5.41) is 3.69. The van der Waals surface area contributed by atoms with Crippen molar-refractivity contribution in [3.8, 4) is 11.5 Å². The summed E-state index contributed by atoms with van der Waals surface area (Å²) in [6, 6.07) is 12.6. The van der Waals surface area contributed by atoms with Crippen LogP contribution < -0.4 is 9.47 Å². The average Bonchev–Trinajstić information content (AvgIpc) is 3.19. The highest BCUT2D eigenvalue weighted by Gasteiger charge is 2.22. The second-order valence-corrected chi connectivity index (χ2v) is 9.90. The molecule has 1 aliphatic rings. The van der Waals surface area contributed by atoms with Crippen molar-refractivity contribution in [3.05, 3.63) is 58.5 Å². The largest absolute Gasteiger partial charge is 0.493 e. The van der Waals surface area contributed by atoms with Gasteiger partial charge in [0.25, 0.3) is 0 Å². The van der Waals surface area contributed by atoms with Gasteiger partial charge in [-0.3, -0.25) is 4.79 Å². The van der Waals surface area contributed by atoms with Crippen molar-refractivity contribution >= 4 is 27.3 Å². The number of hydrogen-bond donors (Lipinski definition) is 0. The molecule has 0 N–H and O–H groups in total. The molecular weight excluding hydrogens is 432 g/mol. The summed E-state index contributed by atoms with van der Waals surface area (Å²) >= 11 is 1.83. The Morgan fingerprint density at radius 2 is 1.85 bits per heavy atom. The maximum Gasteiger partial charge on any atom is 0.227 e. The van der Waals surface area contributed by atoms with Gasteiger partial charge < -0.3 is 19.3 Å². The molecule has 6 heteroatoms. The molecule has 5 nitrogen and oxygen atoms in total. The molecule has 0 saturated heterocycles. The van der Waals surface area contributed by atoms with E-state index in [1.165, 1.54) is 21.2 Å². The number of fused-ring (bicyclic) bond motifs is 2. The molecule has 3 aromatic rings. The fourth-order valence-electron chi connectivity index (χ4n) is 4.82. The van der Waals surface area contributed by atoms with Gasteiger partial charge in [0.2, 0.25) is 5.91 Å². The van der Waals surface area contributed by atoms with Gasteiger partial charge in [0, 0.05) is 24.3 Å². The van der Waals surface area contributed by atoms with Crippen LogP contribution in [0.2, 0.25) is 0 Å². The van der Waals surface area contributed by atoms with Gasteiger partial charge in [-0.15, -0.1) is 11.3 Å². The smallest absolute Gasteiger partial charge is 0.227 e. The van der Waals surface area contributed by atoms with Crippen LogP contribution in [0.1, 0.15) is 36.0 Å². The Hall–Kier alpha value is -2.57. The number of benzene rings is 2. The molecule has 176 valence electrons. The fourth-order valence-corrected chi connectivity index (χ4v) is 5.90. The number of methoxy groups -OCH3 is 2. The van der Waals surface area contributed by atoms with E-state index in [4.69, 9.17) is 9.47 Å². The maximum atomic E-state index is 12.9. The van der Waals surface area contributed by atoms with Crippen molar-refractivity contribution in [2.75, 3.05) is 47.4 Å². The molecule has 1 amide bonds. The highest BCUT2D eigenvalue weighted by atomic mass is 32.1. The monoisotopic (exact) mass is 466 g/mol. The van der Waals surface area contributed by atoms with Crippen LogP contribution in [0.25, 0.3) is 10.1 Å². The van der Waals surface area contributed by atoms with E-state index < -0.39 is 0 Å². The zero-order valence-electron chi connectivity index (χ0n) is 20.1. The second-order valence-electron chi connectivity index (χ2n) is 8.99. The first-order chi connectivity index (χ1) is 16.0. The van der Waals surface area contributed by atoms with Crippen LogP contribution in [0.5, 0.6) is 11.5 Å². The third kappa shape index (κ3) is 5.33. The predicted molar refractivity (Wildman–Crippen MR) is 136 cm³/mol. The van der Waals surface area contributed by atoms with Crippen LogP contribution in [0.4, 0.5) is 0 Å². The number of hydrogen-bond acceptors (Lipinski definition) is 5. The van der Waals surface area contributed by atoms with Crippen molar-refractivity contribution in [2.45, 2.75) is 32.1 Å². The highest BCUT2D eigenvalue weighted by Crippen LogP contribution is 2.33. The number of carbonyl (C=O) groups excluding carboxylic acids is 1. The Bertz CT molecular complexity index is 1110. The van der Waals surface area contributed by atoms with E-state index in [1.807, 2.05) is 28.4 Å². The van der Waals surface area contributed by atoms with Gasteiger partial charge in [0.1, 0.15) is 0 Å².